The lowest BCUT2D eigenvalue weighted by Gasteiger charge is -2.10. The summed E-state index contributed by atoms with van der Waals surface area (Å²) in [6, 6.07) is 17.0. The summed E-state index contributed by atoms with van der Waals surface area (Å²) in [5, 5.41) is 12.9. The molecule has 0 aliphatic rings. The number of hydrogen-bond acceptors (Lipinski definition) is 5. The Morgan fingerprint density at radius 1 is 1.08 bits per heavy atom. The van der Waals surface area contributed by atoms with Crippen molar-refractivity contribution in [3.05, 3.63) is 72.3 Å². The summed E-state index contributed by atoms with van der Waals surface area (Å²) < 4.78 is 21.2. The third-order valence-electron chi connectivity index (χ3n) is 3.56. The van der Waals surface area contributed by atoms with Crippen molar-refractivity contribution < 1.29 is 9.13 Å². The van der Waals surface area contributed by atoms with Gasteiger partial charge in [0.1, 0.15) is 6.33 Å². The van der Waals surface area contributed by atoms with Gasteiger partial charge in [0.15, 0.2) is 11.6 Å². The van der Waals surface area contributed by atoms with Crippen LogP contribution in [0, 0.1) is 17.1 Å². The van der Waals surface area contributed by atoms with E-state index >= 15 is 0 Å². The molecule has 120 valence electrons. The Balaban J connectivity index is 1.81. The van der Waals surface area contributed by atoms with E-state index in [2.05, 4.69) is 15.1 Å². The molecule has 0 atom stereocenters. The first-order chi connectivity index (χ1) is 12.2. The zero-order valence-corrected chi connectivity index (χ0v) is 12.8. The highest BCUT2D eigenvalue weighted by molar-refractivity contribution is 5.62. The summed E-state index contributed by atoms with van der Waals surface area (Å²) in [6.07, 6.45) is 1.35. The molecule has 2 heterocycles. The molecule has 0 N–H and O–H groups in total. The van der Waals surface area contributed by atoms with Crippen LogP contribution >= 0.6 is 0 Å². The maximum Gasteiger partial charge on any atom is 0.255 e. The highest BCUT2D eigenvalue weighted by atomic mass is 19.1. The molecule has 0 aliphatic carbocycles. The highest BCUT2D eigenvalue weighted by Gasteiger charge is 2.13. The molecule has 6 nitrogen and oxygen atoms in total. The summed E-state index contributed by atoms with van der Waals surface area (Å²) in [5.74, 6) is -0.0400. The van der Waals surface area contributed by atoms with Crippen molar-refractivity contribution in [2.24, 2.45) is 0 Å². The van der Waals surface area contributed by atoms with Gasteiger partial charge >= 0.3 is 0 Å². The largest absolute Gasteiger partial charge is 0.436 e. The quantitative estimate of drug-likeness (QED) is 0.573. The van der Waals surface area contributed by atoms with E-state index in [1.54, 1.807) is 6.07 Å². The first-order valence-electron chi connectivity index (χ1n) is 7.38. The van der Waals surface area contributed by atoms with E-state index in [1.165, 1.54) is 23.0 Å². The van der Waals surface area contributed by atoms with Crippen LogP contribution in [0.2, 0.25) is 0 Å². The van der Waals surface area contributed by atoms with Crippen molar-refractivity contribution in [3.63, 3.8) is 0 Å². The molecule has 4 rings (SSSR count). The lowest BCUT2D eigenvalue weighted by atomic mass is 10.1. The molecular formula is C18H10FN5O. The molecule has 2 aromatic heterocycles. The molecule has 4 aromatic rings. The van der Waals surface area contributed by atoms with Gasteiger partial charge in [0.25, 0.3) is 5.78 Å². The maximum atomic E-state index is 14.1. The van der Waals surface area contributed by atoms with Gasteiger partial charge in [-0.1, -0.05) is 30.3 Å². The second-order valence-corrected chi connectivity index (χ2v) is 5.18. The van der Waals surface area contributed by atoms with Crippen LogP contribution in [0.1, 0.15) is 5.56 Å². The molecule has 0 radical (unpaired) electrons. The van der Waals surface area contributed by atoms with Crippen LogP contribution in [0.15, 0.2) is 60.9 Å². The van der Waals surface area contributed by atoms with Gasteiger partial charge in [-0.25, -0.2) is 9.37 Å². The third kappa shape index (κ3) is 2.77. The molecule has 0 amide bonds. The van der Waals surface area contributed by atoms with Gasteiger partial charge in [-0.05, 0) is 18.2 Å². The van der Waals surface area contributed by atoms with Crippen LogP contribution < -0.4 is 4.74 Å². The summed E-state index contributed by atoms with van der Waals surface area (Å²) >= 11 is 0. The van der Waals surface area contributed by atoms with Crippen LogP contribution in [-0.2, 0) is 0 Å². The number of ether oxygens (including phenoxy) is 1. The van der Waals surface area contributed by atoms with E-state index in [1.807, 2.05) is 36.4 Å². The summed E-state index contributed by atoms with van der Waals surface area (Å²) in [4.78, 5) is 8.51. The molecule has 2 aromatic carbocycles. The topological polar surface area (TPSA) is 76.1 Å². The standard InChI is InChI=1S/C18H10FN5O/c19-14-8-12(10-20)6-7-16(14)25-17-9-15(13-4-2-1-3-5-13)23-18-21-11-22-24(17)18/h1-9,11H. The first-order valence-corrected chi connectivity index (χ1v) is 7.38. The fraction of sp³-hybridized carbons (Fsp3) is 0. The van der Waals surface area contributed by atoms with Gasteiger partial charge in [-0.3, -0.25) is 0 Å². The fourth-order valence-electron chi connectivity index (χ4n) is 2.38. The van der Waals surface area contributed by atoms with Crippen LogP contribution in [-0.4, -0.2) is 19.6 Å². The molecule has 0 saturated heterocycles. The maximum absolute atomic E-state index is 14.1. The number of nitriles is 1. The third-order valence-corrected chi connectivity index (χ3v) is 3.56. The van der Waals surface area contributed by atoms with Crippen LogP contribution in [0.25, 0.3) is 17.0 Å². The van der Waals surface area contributed by atoms with E-state index < -0.39 is 5.82 Å². The Bertz CT molecular complexity index is 1100. The zero-order valence-electron chi connectivity index (χ0n) is 12.8. The van der Waals surface area contributed by atoms with Crippen LogP contribution in [0.4, 0.5) is 4.39 Å². The lowest BCUT2D eigenvalue weighted by Crippen LogP contribution is -2.00. The minimum Gasteiger partial charge on any atom is -0.436 e. The lowest BCUT2D eigenvalue weighted by molar-refractivity contribution is 0.415. The van der Waals surface area contributed by atoms with Gasteiger partial charge < -0.3 is 4.74 Å². The number of halogens is 1. The number of benzene rings is 2. The van der Waals surface area contributed by atoms with E-state index in [9.17, 15) is 4.39 Å². The van der Waals surface area contributed by atoms with E-state index in [0.717, 1.165) is 11.6 Å². The highest BCUT2D eigenvalue weighted by Crippen LogP contribution is 2.28. The predicted molar refractivity (Wildman–Crippen MR) is 87.4 cm³/mol. The Hall–Kier alpha value is -3.79. The number of fused-ring (bicyclic) bond motifs is 1. The van der Waals surface area contributed by atoms with Gasteiger partial charge in [0, 0.05) is 11.6 Å². The van der Waals surface area contributed by atoms with Gasteiger partial charge in [-0.2, -0.15) is 19.9 Å². The van der Waals surface area contributed by atoms with Crippen molar-refractivity contribution in [3.8, 4) is 29.0 Å². The molecular weight excluding hydrogens is 321 g/mol. The minimum absolute atomic E-state index is 0.0130. The Labute approximate surface area is 141 Å². The van der Waals surface area contributed by atoms with E-state index in [0.29, 0.717) is 11.5 Å². The van der Waals surface area contributed by atoms with Crippen LogP contribution in [0.3, 0.4) is 0 Å². The SMILES string of the molecule is N#Cc1ccc(Oc2cc(-c3ccccc3)nc3ncnn23)c(F)c1. The average molecular weight is 331 g/mol. The number of rotatable bonds is 3. The smallest absolute Gasteiger partial charge is 0.255 e. The van der Waals surface area contributed by atoms with E-state index in [4.69, 9.17) is 10.00 Å². The van der Waals surface area contributed by atoms with Crippen molar-refractivity contribution >= 4 is 5.78 Å². The molecule has 7 heteroatoms. The Morgan fingerprint density at radius 2 is 1.92 bits per heavy atom. The number of nitrogens with zero attached hydrogens (tertiary/aromatic N) is 5. The normalized spacial score (nSPS) is 10.6. The first kappa shape index (κ1) is 14.8. The zero-order chi connectivity index (χ0) is 17.2. The molecule has 0 fully saturated rings. The molecule has 0 aliphatic heterocycles. The van der Waals surface area contributed by atoms with Gasteiger partial charge in [-0.15, -0.1) is 0 Å². The fourth-order valence-corrected chi connectivity index (χ4v) is 2.38. The second-order valence-electron chi connectivity index (χ2n) is 5.18. The monoisotopic (exact) mass is 331 g/mol. The second kappa shape index (κ2) is 6.02. The summed E-state index contributed by atoms with van der Waals surface area (Å²) in [7, 11) is 0. The predicted octanol–water partition coefficient (Wildman–Crippen LogP) is 3.59. The minimum atomic E-state index is -0.634. The summed E-state index contributed by atoms with van der Waals surface area (Å²) in [5.41, 5.74) is 1.72. The molecule has 25 heavy (non-hydrogen) atoms. The molecule has 0 spiro atoms. The van der Waals surface area contributed by atoms with Gasteiger partial charge in [0.2, 0.25) is 5.88 Å². The molecule has 0 unspecified atom stereocenters. The van der Waals surface area contributed by atoms with Crippen molar-refractivity contribution in [2.45, 2.75) is 0 Å². The Kier molecular flexibility index (Phi) is 3.56. The molecule has 0 saturated carbocycles. The van der Waals surface area contributed by atoms with Crippen molar-refractivity contribution in [2.75, 3.05) is 0 Å². The summed E-state index contributed by atoms with van der Waals surface area (Å²) in [6.45, 7) is 0. The van der Waals surface area contributed by atoms with Crippen molar-refractivity contribution in [1.82, 2.24) is 19.6 Å². The molecule has 0 bridgehead atoms. The number of hydrogen-bond donors (Lipinski definition) is 0. The number of aromatic nitrogens is 4. The Morgan fingerprint density at radius 3 is 2.68 bits per heavy atom. The van der Waals surface area contributed by atoms with Gasteiger partial charge in [0.05, 0.1) is 17.3 Å². The average Bonchev–Trinajstić information content (AvgIpc) is 3.13. The van der Waals surface area contributed by atoms with Crippen molar-refractivity contribution in [1.29, 1.82) is 5.26 Å². The van der Waals surface area contributed by atoms with E-state index in [-0.39, 0.29) is 17.2 Å². The van der Waals surface area contributed by atoms with Crippen LogP contribution in [0.5, 0.6) is 11.6 Å².